The molecule has 1 amide bonds. The Kier molecular flexibility index (Phi) is 7.62. The summed E-state index contributed by atoms with van der Waals surface area (Å²) >= 11 is 0. The van der Waals surface area contributed by atoms with Gasteiger partial charge in [0.1, 0.15) is 28.6 Å². The number of phenolic OH excluding ortho intramolecular Hbond substituents is 1. The van der Waals surface area contributed by atoms with Gasteiger partial charge in [-0.2, -0.15) is 0 Å². The van der Waals surface area contributed by atoms with Crippen LogP contribution in [0, 0.1) is 11.8 Å². The lowest BCUT2D eigenvalue weighted by atomic mass is 9.57. The van der Waals surface area contributed by atoms with Crippen LogP contribution < -0.4 is 21.1 Å². The number of likely N-dealkylation sites (tertiary alicyclic amines) is 1. The van der Waals surface area contributed by atoms with Crippen LogP contribution in [-0.2, 0) is 20.8 Å². The molecule has 0 aromatic heterocycles. The van der Waals surface area contributed by atoms with Crippen molar-refractivity contribution in [1.29, 1.82) is 0 Å². The van der Waals surface area contributed by atoms with Crippen molar-refractivity contribution in [3.05, 3.63) is 39.7 Å². The van der Waals surface area contributed by atoms with Crippen LogP contribution in [0.4, 0.5) is 0 Å². The van der Waals surface area contributed by atoms with E-state index < -0.39 is 58.0 Å². The Morgan fingerprint density at radius 3 is 2.61 bits per heavy atom. The van der Waals surface area contributed by atoms with E-state index in [4.69, 9.17) is 10.5 Å². The second kappa shape index (κ2) is 10.8. The van der Waals surface area contributed by atoms with E-state index in [-0.39, 0.29) is 42.3 Å². The third kappa shape index (κ3) is 4.23. The topological polar surface area (TPSA) is 195 Å². The van der Waals surface area contributed by atoms with Gasteiger partial charge in [0.2, 0.25) is 5.78 Å². The van der Waals surface area contributed by atoms with Crippen molar-refractivity contribution < 1.29 is 39.5 Å². The Balaban J connectivity index is 1.67. The number of ether oxygens (including phenoxy) is 1. The largest absolute Gasteiger partial charge is 0.508 e. The number of nitrogens with two attached hydrogens (primary N) is 1. The predicted molar refractivity (Wildman–Crippen MR) is 148 cm³/mol. The molecular formula is C29H38N4O8. The Hall–Kier alpha value is -3.45. The van der Waals surface area contributed by atoms with Crippen LogP contribution in [0.25, 0.3) is 5.76 Å². The molecule has 1 aromatic carbocycles. The van der Waals surface area contributed by atoms with E-state index in [0.717, 1.165) is 31.5 Å². The summed E-state index contributed by atoms with van der Waals surface area (Å²) in [6.07, 6.45) is 2.06. The highest BCUT2D eigenvalue weighted by Gasteiger charge is 2.63. The number of nitrogens with one attached hydrogen (secondary N) is 2. The van der Waals surface area contributed by atoms with E-state index in [1.165, 1.54) is 7.11 Å². The molecule has 5 rings (SSSR count). The number of Topliss-reactive ketones (excluding diaryl/α,β-unsaturated/α-hetero) is 2. The van der Waals surface area contributed by atoms with Gasteiger partial charge in [-0.1, -0.05) is 6.92 Å². The summed E-state index contributed by atoms with van der Waals surface area (Å²) in [4.78, 5) is 41.9. The van der Waals surface area contributed by atoms with Gasteiger partial charge in [-0.05, 0) is 57.8 Å². The summed E-state index contributed by atoms with van der Waals surface area (Å²) in [6.45, 7) is 4.51. The summed E-state index contributed by atoms with van der Waals surface area (Å²) < 4.78 is 5.87. The number of methoxy groups -OCH3 is 1. The number of amides is 1. The van der Waals surface area contributed by atoms with Gasteiger partial charge in [-0.15, -0.1) is 0 Å². The number of carbonyl (C=O) groups is 3. The number of benzene rings is 1. The van der Waals surface area contributed by atoms with Gasteiger partial charge in [-0.3, -0.25) is 19.3 Å². The summed E-state index contributed by atoms with van der Waals surface area (Å²) in [6, 6.07) is 0.378. The zero-order chi connectivity index (χ0) is 29.8. The SMILES string of the molecule is CCN1CCC[C@H]1c1cc(O)c2c(c1OC)C[C@H]1C[C@H]3[C@H](NCCNC)C(=O)C(C(N)=O)=C(O)[C@@]3(O)C(=O)C1=C2O. The van der Waals surface area contributed by atoms with Crippen LogP contribution >= 0.6 is 0 Å². The van der Waals surface area contributed by atoms with Crippen molar-refractivity contribution in [2.24, 2.45) is 17.6 Å². The average Bonchev–Trinajstić information content (AvgIpc) is 3.41. The monoisotopic (exact) mass is 570 g/mol. The maximum atomic E-state index is 14.0. The smallest absolute Gasteiger partial charge is 0.255 e. The van der Waals surface area contributed by atoms with Crippen molar-refractivity contribution in [3.63, 3.8) is 0 Å². The van der Waals surface area contributed by atoms with Crippen LogP contribution in [0.5, 0.6) is 11.5 Å². The maximum absolute atomic E-state index is 14.0. The molecule has 1 aliphatic heterocycles. The van der Waals surface area contributed by atoms with E-state index in [1.54, 1.807) is 13.1 Å². The first-order valence-electron chi connectivity index (χ1n) is 14.1. The molecule has 4 aliphatic rings. The molecule has 5 atom stereocenters. The zero-order valence-corrected chi connectivity index (χ0v) is 23.5. The standard InChI is InChI=1S/C29H38N4O8/c1-4-33-9-5-6-17(33)14-12-18(34)20-15(25(14)41-3)10-13-11-16-22(32-8-7-31-2)24(36)21(28(30)39)27(38)29(16,40)26(37)19(13)23(20)35/h12-13,16-17,22,31-32,34-35,38,40H,4-11H2,1-3H3,(H2,30,39)/t13-,16-,17-,22-,29-/m0/s1. The number of ketones is 2. The first-order valence-corrected chi connectivity index (χ1v) is 14.1. The molecule has 3 aliphatic carbocycles. The second-order valence-electron chi connectivity index (χ2n) is 11.2. The molecule has 1 saturated carbocycles. The molecule has 1 saturated heterocycles. The number of aliphatic hydroxyl groups is 3. The Morgan fingerprint density at radius 2 is 1.98 bits per heavy atom. The summed E-state index contributed by atoms with van der Waals surface area (Å²) in [5, 5.41) is 51.4. The van der Waals surface area contributed by atoms with Gasteiger partial charge < -0.3 is 41.5 Å². The van der Waals surface area contributed by atoms with Crippen molar-refractivity contribution >= 4 is 23.2 Å². The molecule has 0 bridgehead atoms. The number of likely N-dealkylation sites (N-methyl/N-ethyl adjacent to an activating group) is 1. The number of nitrogens with zero attached hydrogens (tertiary/aromatic N) is 1. The average molecular weight is 571 g/mol. The lowest BCUT2D eigenvalue weighted by Gasteiger charge is -2.49. The summed E-state index contributed by atoms with van der Waals surface area (Å²) in [5.74, 6) is -6.29. The van der Waals surface area contributed by atoms with Crippen LogP contribution in [0.1, 0.15) is 48.9 Å². The number of rotatable bonds is 8. The number of carbonyl (C=O) groups excluding carboxylic acids is 3. The molecule has 12 heteroatoms. The third-order valence-corrected chi connectivity index (χ3v) is 9.25. The van der Waals surface area contributed by atoms with Gasteiger partial charge in [0.05, 0.1) is 18.7 Å². The Bertz CT molecular complexity index is 1370. The zero-order valence-electron chi connectivity index (χ0n) is 23.5. The van der Waals surface area contributed by atoms with Crippen molar-refractivity contribution in [1.82, 2.24) is 15.5 Å². The Morgan fingerprint density at radius 1 is 1.24 bits per heavy atom. The highest BCUT2D eigenvalue weighted by Crippen LogP contribution is 2.54. The van der Waals surface area contributed by atoms with E-state index in [0.29, 0.717) is 17.9 Å². The fourth-order valence-corrected chi connectivity index (χ4v) is 7.38. The highest BCUT2D eigenvalue weighted by atomic mass is 16.5. The lowest BCUT2D eigenvalue weighted by molar-refractivity contribution is -0.150. The van der Waals surface area contributed by atoms with Gasteiger partial charge in [-0.25, -0.2) is 0 Å². The summed E-state index contributed by atoms with van der Waals surface area (Å²) in [5.41, 5.74) is 3.05. The number of phenols is 1. The molecule has 0 radical (unpaired) electrons. The fraction of sp³-hybridized carbons (Fsp3) is 0.552. The molecule has 0 spiro atoms. The van der Waals surface area contributed by atoms with Crippen LogP contribution in [-0.4, -0.2) is 94.8 Å². The Labute approximate surface area is 237 Å². The van der Waals surface area contributed by atoms with Gasteiger partial charge >= 0.3 is 0 Å². The lowest BCUT2D eigenvalue weighted by Crippen LogP contribution is -2.66. The number of aliphatic hydroxyl groups excluding tert-OH is 2. The van der Waals surface area contributed by atoms with Gasteiger partial charge in [0, 0.05) is 41.7 Å². The number of fused-ring (bicyclic) bond motifs is 3. The quantitative estimate of drug-likeness (QED) is 0.169. The number of primary amides is 1. The van der Waals surface area contributed by atoms with Gasteiger partial charge in [0.25, 0.3) is 5.91 Å². The van der Waals surface area contributed by atoms with Crippen molar-refractivity contribution in [2.45, 2.75) is 50.3 Å². The number of aromatic hydroxyl groups is 1. The van der Waals surface area contributed by atoms with Crippen molar-refractivity contribution in [2.75, 3.05) is 40.3 Å². The van der Waals surface area contributed by atoms with E-state index >= 15 is 0 Å². The van der Waals surface area contributed by atoms with E-state index in [9.17, 15) is 34.8 Å². The molecule has 1 heterocycles. The van der Waals surface area contributed by atoms with Crippen LogP contribution in [0.2, 0.25) is 0 Å². The highest BCUT2D eigenvalue weighted by molar-refractivity contribution is 6.24. The first-order chi connectivity index (χ1) is 19.5. The number of hydrogen-bond donors (Lipinski definition) is 7. The molecule has 8 N–H and O–H groups in total. The van der Waals surface area contributed by atoms with Crippen LogP contribution in [0.3, 0.4) is 0 Å². The van der Waals surface area contributed by atoms with Crippen LogP contribution in [0.15, 0.2) is 23.0 Å². The number of hydrogen-bond acceptors (Lipinski definition) is 11. The fourth-order valence-electron chi connectivity index (χ4n) is 7.38. The van der Waals surface area contributed by atoms with E-state index in [1.807, 2.05) is 0 Å². The second-order valence-corrected chi connectivity index (χ2v) is 11.2. The molecule has 41 heavy (non-hydrogen) atoms. The minimum atomic E-state index is -2.68. The van der Waals surface area contributed by atoms with E-state index in [2.05, 4.69) is 22.5 Å². The summed E-state index contributed by atoms with van der Waals surface area (Å²) in [7, 11) is 3.24. The minimum Gasteiger partial charge on any atom is -0.508 e. The molecule has 12 nitrogen and oxygen atoms in total. The van der Waals surface area contributed by atoms with Crippen molar-refractivity contribution in [3.8, 4) is 11.5 Å². The normalized spacial score (nSPS) is 29.9. The molecule has 2 fully saturated rings. The minimum absolute atomic E-state index is 0.0127. The third-order valence-electron chi connectivity index (χ3n) is 9.25. The van der Waals surface area contributed by atoms with Gasteiger partial charge in [0.15, 0.2) is 11.4 Å². The molecule has 222 valence electrons. The maximum Gasteiger partial charge on any atom is 0.255 e. The molecule has 1 aromatic rings. The predicted octanol–water partition coefficient (Wildman–Crippen LogP) is 0.377. The molecular weight excluding hydrogens is 532 g/mol. The first kappa shape index (κ1) is 29.1. The molecule has 0 unspecified atom stereocenters.